The van der Waals surface area contributed by atoms with Gasteiger partial charge in [-0.2, -0.15) is 0 Å². The second-order valence-corrected chi connectivity index (χ2v) is 6.90. The number of nitrogens with zero attached hydrogens (tertiary/aromatic N) is 2. The molecule has 0 unspecified atom stereocenters. The number of thioether (sulfide) groups is 1. The molecule has 2 rings (SSSR count). The Kier molecular flexibility index (Phi) is 5.62. The Hall–Kier alpha value is -1.12. The summed E-state index contributed by atoms with van der Waals surface area (Å²) in [7, 11) is 0. The van der Waals surface area contributed by atoms with Crippen LogP contribution in [0.1, 0.15) is 19.8 Å². The number of aromatic nitrogens is 2. The number of carbonyl (C=O) groups excluding carboxylic acids is 1. The largest absolute Gasteiger partial charge is 0.326 e. The zero-order chi connectivity index (χ0) is 13.5. The predicted molar refractivity (Wildman–Crippen MR) is 82.5 cm³/mol. The molecular formula is C11H14N4OS3. The van der Waals surface area contributed by atoms with E-state index in [1.165, 1.54) is 29.1 Å². The second kappa shape index (κ2) is 7.46. The quantitative estimate of drug-likeness (QED) is 0.478. The zero-order valence-electron chi connectivity index (χ0n) is 10.4. The Balaban J connectivity index is 1.80. The number of amides is 2. The molecule has 0 atom stereocenters. The fourth-order valence-corrected chi connectivity index (χ4v) is 3.73. The van der Waals surface area contributed by atoms with Gasteiger partial charge in [0.2, 0.25) is 5.13 Å². The third kappa shape index (κ3) is 4.81. The fourth-order valence-electron chi connectivity index (χ4n) is 1.21. The molecule has 0 fully saturated rings. The highest BCUT2D eigenvalue weighted by Crippen LogP contribution is 2.26. The van der Waals surface area contributed by atoms with Crippen molar-refractivity contribution in [2.45, 2.75) is 24.1 Å². The molecule has 0 aliphatic heterocycles. The molecule has 2 N–H and O–H groups in total. The minimum absolute atomic E-state index is 0.288. The first-order valence-electron chi connectivity index (χ1n) is 5.85. The number of nitrogens with one attached hydrogen (secondary N) is 2. The molecule has 8 heteroatoms. The number of anilines is 2. The maximum Gasteiger partial charge on any atom is 0.326 e. The molecule has 0 aromatic carbocycles. The minimum Gasteiger partial charge on any atom is -0.299 e. The van der Waals surface area contributed by atoms with Crippen LogP contribution in [0, 0.1) is 0 Å². The van der Waals surface area contributed by atoms with E-state index >= 15 is 0 Å². The lowest BCUT2D eigenvalue weighted by atomic mass is 10.4. The molecule has 0 aliphatic carbocycles. The van der Waals surface area contributed by atoms with Crippen LogP contribution < -0.4 is 10.6 Å². The van der Waals surface area contributed by atoms with Gasteiger partial charge in [0.15, 0.2) is 4.34 Å². The van der Waals surface area contributed by atoms with E-state index in [2.05, 4.69) is 27.8 Å². The van der Waals surface area contributed by atoms with Crippen LogP contribution in [-0.2, 0) is 0 Å². The second-order valence-electron chi connectivity index (χ2n) is 3.63. The van der Waals surface area contributed by atoms with Gasteiger partial charge in [0, 0.05) is 5.75 Å². The molecule has 0 radical (unpaired) electrons. The number of hydrogen-bond acceptors (Lipinski definition) is 6. The lowest BCUT2D eigenvalue weighted by molar-refractivity contribution is 0.262. The van der Waals surface area contributed by atoms with Crippen molar-refractivity contribution in [3.8, 4) is 0 Å². The van der Waals surface area contributed by atoms with Crippen molar-refractivity contribution >= 4 is 50.6 Å². The fraction of sp³-hybridized carbons (Fsp3) is 0.364. The first-order chi connectivity index (χ1) is 9.28. The number of thiophene rings is 1. The molecule has 0 saturated carbocycles. The third-order valence-electron chi connectivity index (χ3n) is 2.11. The van der Waals surface area contributed by atoms with E-state index in [-0.39, 0.29) is 6.03 Å². The van der Waals surface area contributed by atoms with E-state index in [9.17, 15) is 4.79 Å². The molecular weight excluding hydrogens is 300 g/mol. The summed E-state index contributed by atoms with van der Waals surface area (Å²) in [5.41, 5.74) is 0. The van der Waals surface area contributed by atoms with Gasteiger partial charge < -0.3 is 0 Å². The lowest BCUT2D eigenvalue weighted by Crippen LogP contribution is -2.18. The molecule has 0 saturated heterocycles. The SMILES string of the molecule is CCCCSc1nnc(NC(=O)Nc2cccs2)s1. The van der Waals surface area contributed by atoms with Gasteiger partial charge in [0.05, 0.1) is 5.00 Å². The number of unbranched alkanes of at least 4 members (excludes halogenated alkanes) is 1. The molecule has 2 aromatic rings. The van der Waals surface area contributed by atoms with E-state index in [0.717, 1.165) is 21.5 Å². The maximum atomic E-state index is 11.7. The van der Waals surface area contributed by atoms with Gasteiger partial charge in [-0.1, -0.05) is 36.4 Å². The Bertz CT molecular complexity index is 512. The van der Waals surface area contributed by atoms with Crippen LogP contribution in [0.25, 0.3) is 0 Å². The van der Waals surface area contributed by atoms with Gasteiger partial charge in [-0.3, -0.25) is 10.6 Å². The molecule has 0 bridgehead atoms. The summed E-state index contributed by atoms with van der Waals surface area (Å²) in [5, 5.41) is 16.6. The normalized spacial score (nSPS) is 10.4. The van der Waals surface area contributed by atoms with Crippen LogP contribution in [0.5, 0.6) is 0 Å². The maximum absolute atomic E-state index is 11.7. The lowest BCUT2D eigenvalue weighted by Gasteiger charge is -2.01. The summed E-state index contributed by atoms with van der Waals surface area (Å²) in [4.78, 5) is 11.7. The summed E-state index contributed by atoms with van der Waals surface area (Å²) < 4.78 is 0.889. The molecule has 2 heterocycles. The average Bonchev–Trinajstić information content (AvgIpc) is 3.02. The molecule has 19 heavy (non-hydrogen) atoms. The molecule has 2 amide bonds. The topological polar surface area (TPSA) is 66.9 Å². The highest BCUT2D eigenvalue weighted by Gasteiger charge is 2.08. The summed E-state index contributed by atoms with van der Waals surface area (Å²) in [6.07, 6.45) is 2.33. The number of hydrogen-bond donors (Lipinski definition) is 2. The Morgan fingerprint density at radius 1 is 1.42 bits per heavy atom. The van der Waals surface area contributed by atoms with Crippen molar-refractivity contribution in [1.82, 2.24) is 10.2 Å². The van der Waals surface area contributed by atoms with E-state index < -0.39 is 0 Å². The molecule has 0 aliphatic rings. The van der Waals surface area contributed by atoms with Gasteiger partial charge in [-0.05, 0) is 23.9 Å². The van der Waals surface area contributed by atoms with E-state index in [1.54, 1.807) is 11.8 Å². The molecule has 2 aromatic heterocycles. The summed E-state index contributed by atoms with van der Waals surface area (Å²) in [6, 6.07) is 3.44. The van der Waals surface area contributed by atoms with Crippen LogP contribution in [0.15, 0.2) is 21.9 Å². The minimum atomic E-state index is -0.288. The van der Waals surface area contributed by atoms with Crippen molar-refractivity contribution < 1.29 is 4.79 Å². The summed E-state index contributed by atoms with van der Waals surface area (Å²) in [5.74, 6) is 1.03. The van der Waals surface area contributed by atoms with Crippen molar-refractivity contribution in [3.05, 3.63) is 17.5 Å². The standard InChI is InChI=1S/C11H14N4OS3/c1-2-3-6-18-11-15-14-10(19-11)13-9(16)12-8-5-4-7-17-8/h4-5,7H,2-3,6H2,1H3,(H2,12,13,14,16). The average molecular weight is 314 g/mol. The Labute approximate surface area is 123 Å². The third-order valence-corrected chi connectivity index (χ3v) is 4.95. The predicted octanol–water partition coefficient (Wildman–Crippen LogP) is 4.14. The van der Waals surface area contributed by atoms with Gasteiger partial charge in [-0.25, -0.2) is 4.79 Å². The summed E-state index contributed by atoms with van der Waals surface area (Å²) in [6.45, 7) is 2.16. The van der Waals surface area contributed by atoms with Crippen LogP contribution >= 0.6 is 34.4 Å². The van der Waals surface area contributed by atoms with Gasteiger partial charge in [0.1, 0.15) is 0 Å². The Morgan fingerprint density at radius 2 is 2.32 bits per heavy atom. The van der Waals surface area contributed by atoms with Crippen molar-refractivity contribution in [1.29, 1.82) is 0 Å². The van der Waals surface area contributed by atoms with Crippen molar-refractivity contribution in [2.24, 2.45) is 0 Å². The van der Waals surface area contributed by atoms with Crippen molar-refractivity contribution in [2.75, 3.05) is 16.4 Å². The zero-order valence-corrected chi connectivity index (χ0v) is 12.8. The smallest absolute Gasteiger partial charge is 0.299 e. The van der Waals surface area contributed by atoms with Gasteiger partial charge in [0.25, 0.3) is 0 Å². The van der Waals surface area contributed by atoms with E-state index in [4.69, 9.17) is 0 Å². The van der Waals surface area contributed by atoms with Crippen molar-refractivity contribution in [3.63, 3.8) is 0 Å². The number of rotatable bonds is 6. The van der Waals surface area contributed by atoms with Gasteiger partial charge >= 0.3 is 6.03 Å². The molecule has 0 spiro atoms. The Morgan fingerprint density at radius 3 is 3.05 bits per heavy atom. The number of urea groups is 1. The molecule has 102 valence electrons. The van der Waals surface area contributed by atoms with Crippen LogP contribution in [-0.4, -0.2) is 22.0 Å². The highest BCUT2D eigenvalue weighted by atomic mass is 32.2. The first kappa shape index (κ1) is 14.3. The first-order valence-corrected chi connectivity index (χ1v) is 8.54. The molecule has 5 nitrogen and oxygen atoms in total. The van der Waals surface area contributed by atoms with E-state index in [0.29, 0.717) is 5.13 Å². The monoisotopic (exact) mass is 314 g/mol. The summed E-state index contributed by atoms with van der Waals surface area (Å²) >= 11 is 4.54. The van der Waals surface area contributed by atoms with E-state index in [1.807, 2.05) is 17.5 Å². The van der Waals surface area contributed by atoms with Gasteiger partial charge in [-0.15, -0.1) is 21.5 Å². The van der Waals surface area contributed by atoms with Crippen LogP contribution in [0.4, 0.5) is 14.9 Å². The number of carbonyl (C=O) groups is 1. The highest BCUT2D eigenvalue weighted by molar-refractivity contribution is 8.01. The van der Waals surface area contributed by atoms with Crippen LogP contribution in [0.2, 0.25) is 0 Å². The van der Waals surface area contributed by atoms with Crippen LogP contribution in [0.3, 0.4) is 0 Å².